The third-order valence-corrected chi connectivity index (χ3v) is 6.62. The molecule has 3 rings (SSSR count). The Bertz CT molecular complexity index is 954. The zero-order valence-corrected chi connectivity index (χ0v) is 16.8. The number of benzene rings is 1. The van der Waals surface area contributed by atoms with Gasteiger partial charge in [0.2, 0.25) is 10.0 Å². The highest BCUT2D eigenvalue weighted by Crippen LogP contribution is 2.23. The minimum absolute atomic E-state index is 0.0368. The van der Waals surface area contributed by atoms with Crippen LogP contribution in [0.4, 0.5) is 5.82 Å². The lowest BCUT2D eigenvalue weighted by Crippen LogP contribution is -2.33. The van der Waals surface area contributed by atoms with Crippen molar-refractivity contribution in [2.45, 2.75) is 37.6 Å². The Morgan fingerprint density at radius 2 is 1.82 bits per heavy atom. The minimum Gasteiger partial charge on any atom is -0.477 e. The molecule has 0 aliphatic carbocycles. The first kappa shape index (κ1) is 20.2. The van der Waals surface area contributed by atoms with Gasteiger partial charge in [-0.15, -0.1) is 0 Å². The highest BCUT2D eigenvalue weighted by atomic mass is 32.2. The van der Waals surface area contributed by atoms with E-state index in [0.717, 1.165) is 37.9 Å². The van der Waals surface area contributed by atoms with Crippen LogP contribution in [0.15, 0.2) is 35.4 Å². The average Bonchev–Trinajstić information content (AvgIpc) is 2.68. The molecule has 0 amide bonds. The van der Waals surface area contributed by atoms with Crippen LogP contribution in [0, 0.1) is 6.92 Å². The Labute approximate surface area is 164 Å². The van der Waals surface area contributed by atoms with E-state index in [1.165, 1.54) is 17.5 Å². The molecule has 0 radical (unpaired) electrons. The molecule has 0 atom stereocenters. The second-order valence-corrected chi connectivity index (χ2v) is 9.00. The molecule has 1 aromatic carbocycles. The summed E-state index contributed by atoms with van der Waals surface area (Å²) in [5.74, 6) is -0.463. The number of carboxylic acid groups (broad SMARTS) is 1. The SMILES string of the molecule is Cc1ccc(S(=O)(=O)N(C)Cc2ncc(C(=O)O)c(N3CCCCC3)n2)cc1. The van der Waals surface area contributed by atoms with E-state index in [9.17, 15) is 18.3 Å². The van der Waals surface area contributed by atoms with Gasteiger partial charge in [0, 0.05) is 26.3 Å². The predicted octanol–water partition coefficient (Wildman–Crippen LogP) is 2.29. The fourth-order valence-electron chi connectivity index (χ4n) is 3.16. The number of aromatic carboxylic acids is 1. The summed E-state index contributed by atoms with van der Waals surface area (Å²) in [5, 5.41) is 9.46. The number of carboxylic acids is 1. The normalized spacial score (nSPS) is 15.0. The Hall–Kier alpha value is -2.52. The molecule has 2 heterocycles. The Morgan fingerprint density at radius 3 is 2.43 bits per heavy atom. The average molecular weight is 404 g/mol. The van der Waals surface area contributed by atoms with Gasteiger partial charge in [0.05, 0.1) is 11.4 Å². The summed E-state index contributed by atoms with van der Waals surface area (Å²) in [7, 11) is -2.23. The van der Waals surface area contributed by atoms with Gasteiger partial charge in [0.1, 0.15) is 17.2 Å². The molecule has 1 saturated heterocycles. The largest absolute Gasteiger partial charge is 0.477 e. The number of hydrogen-bond acceptors (Lipinski definition) is 6. The summed E-state index contributed by atoms with van der Waals surface area (Å²) in [4.78, 5) is 22.2. The van der Waals surface area contributed by atoms with Crippen molar-refractivity contribution in [2.75, 3.05) is 25.0 Å². The molecular formula is C19H24N4O4S. The molecule has 1 aliphatic heterocycles. The van der Waals surface area contributed by atoms with E-state index in [-0.39, 0.29) is 22.8 Å². The molecule has 1 fully saturated rings. The van der Waals surface area contributed by atoms with Crippen LogP contribution in [0.25, 0.3) is 0 Å². The van der Waals surface area contributed by atoms with Crippen molar-refractivity contribution < 1.29 is 18.3 Å². The van der Waals surface area contributed by atoms with Crippen LogP contribution in [0.2, 0.25) is 0 Å². The molecule has 0 saturated carbocycles. The van der Waals surface area contributed by atoms with Crippen molar-refractivity contribution >= 4 is 21.8 Å². The van der Waals surface area contributed by atoms with Crippen molar-refractivity contribution in [3.05, 3.63) is 47.4 Å². The Morgan fingerprint density at radius 1 is 1.18 bits per heavy atom. The van der Waals surface area contributed by atoms with Gasteiger partial charge >= 0.3 is 5.97 Å². The van der Waals surface area contributed by atoms with E-state index in [1.807, 2.05) is 11.8 Å². The molecule has 28 heavy (non-hydrogen) atoms. The van der Waals surface area contributed by atoms with E-state index in [4.69, 9.17) is 0 Å². The molecule has 1 aliphatic rings. The fraction of sp³-hybridized carbons (Fsp3) is 0.421. The highest BCUT2D eigenvalue weighted by molar-refractivity contribution is 7.89. The van der Waals surface area contributed by atoms with Crippen LogP contribution >= 0.6 is 0 Å². The molecule has 150 valence electrons. The molecule has 0 bridgehead atoms. The van der Waals surface area contributed by atoms with Crippen LogP contribution in [0.1, 0.15) is 41.0 Å². The summed E-state index contributed by atoms with van der Waals surface area (Å²) in [5.41, 5.74) is 1.01. The van der Waals surface area contributed by atoms with Crippen LogP contribution in [0.5, 0.6) is 0 Å². The lowest BCUT2D eigenvalue weighted by molar-refractivity contribution is 0.0696. The molecule has 2 aromatic rings. The number of anilines is 1. The van der Waals surface area contributed by atoms with Crippen LogP contribution in [-0.2, 0) is 16.6 Å². The van der Waals surface area contributed by atoms with Gasteiger partial charge in [-0.2, -0.15) is 4.31 Å². The number of piperidine rings is 1. The smallest absolute Gasteiger partial charge is 0.341 e. The fourth-order valence-corrected chi connectivity index (χ4v) is 4.28. The zero-order valence-electron chi connectivity index (χ0n) is 16.0. The number of rotatable bonds is 6. The van der Waals surface area contributed by atoms with Crippen molar-refractivity contribution in [3.8, 4) is 0 Å². The van der Waals surface area contributed by atoms with Crippen molar-refractivity contribution in [3.63, 3.8) is 0 Å². The first-order chi connectivity index (χ1) is 13.3. The number of hydrogen-bond donors (Lipinski definition) is 1. The number of aromatic nitrogens is 2. The van der Waals surface area contributed by atoms with Gasteiger partial charge in [-0.1, -0.05) is 17.7 Å². The number of aryl methyl sites for hydroxylation is 1. The van der Waals surface area contributed by atoms with Gasteiger partial charge in [0.15, 0.2) is 0 Å². The summed E-state index contributed by atoms with van der Waals surface area (Å²) >= 11 is 0. The van der Waals surface area contributed by atoms with Crippen molar-refractivity contribution in [1.82, 2.24) is 14.3 Å². The van der Waals surface area contributed by atoms with Crippen LogP contribution in [0.3, 0.4) is 0 Å². The summed E-state index contributed by atoms with van der Waals surface area (Å²) in [6.07, 6.45) is 4.32. The van der Waals surface area contributed by atoms with Gasteiger partial charge in [-0.05, 0) is 38.3 Å². The third kappa shape index (κ3) is 4.31. The molecule has 9 heteroatoms. The van der Waals surface area contributed by atoms with Gasteiger partial charge < -0.3 is 10.0 Å². The van der Waals surface area contributed by atoms with E-state index >= 15 is 0 Å². The zero-order chi connectivity index (χ0) is 20.3. The number of nitrogens with zero attached hydrogens (tertiary/aromatic N) is 4. The summed E-state index contributed by atoms with van der Waals surface area (Å²) in [6.45, 7) is 3.31. The van der Waals surface area contributed by atoms with Gasteiger partial charge in [0.25, 0.3) is 0 Å². The maximum absolute atomic E-state index is 12.8. The predicted molar refractivity (Wildman–Crippen MR) is 105 cm³/mol. The molecular weight excluding hydrogens is 380 g/mol. The van der Waals surface area contributed by atoms with Crippen LogP contribution in [-0.4, -0.2) is 53.9 Å². The maximum Gasteiger partial charge on any atom is 0.341 e. The minimum atomic E-state index is -3.69. The molecule has 1 N–H and O–H groups in total. The van der Waals surface area contributed by atoms with Gasteiger partial charge in [-0.25, -0.2) is 23.2 Å². The highest BCUT2D eigenvalue weighted by Gasteiger charge is 2.24. The topological polar surface area (TPSA) is 104 Å². The number of carbonyl (C=O) groups is 1. The second-order valence-electron chi connectivity index (χ2n) is 6.95. The second kappa shape index (κ2) is 8.24. The van der Waals surface area contributed by atoms with E-state index in [0.29, 0.717) is 5.82 Å². The summed E-state index contributed by atoms with van der Waals surface area (Å²) < 4.78 is 26.7. The summed E-state index contributed by atoms with van der Waals surface area (Å²) in [6, 6.07) is 6.62. The third-order valence-electron chi connectivity index (χ3n) is 4.80. The quantitative estimate of drug-likeness (QED) is 0.788. The Balaban J connectivity index is 1.87. The first-order valence-corrected chi connectivity index (χ1v) is 10.6. The molecule has 0 spiro atoms. The van der Waals surface area contributed by atoms with Crippen molar-refractivity contribution in [1.29, 1.82) is 0 Å². The molecule has 0 unspecified atom stereocenters. The van der Waals surface area contributed by atoms with Crippen molar-refractivity contribution in [2.24, 2.45) is 0 Å². The maximum atomic E-state index is 12.8. The number of sulfonamides is 1. The van der Waals surface area contributed by atoms with E-state index in [2.05, 4.69) is 9.97 Å². The molecule has 8 nitrogen and oxygen atoms in total. The lowest BCUT2D eigenvalue weighted by Gasteiger charge is -2.29. The first-order valence-electron chi connectivity index (χ1n) is 9.16. The van der Waals surface area contributed by atoms with E-state index in [1.54, 1.807) is 24.3 Å². The lowest BCUT2D eigenvalue weighted by atomic mass is 10.1. The van der Waals surface area contributed by atoms with Crippen LogP contribution < -0.4 is 4.90 Å². The monoisotopic (exact) mass is 404 g/mol. The van der Waals surface area contributed by atoms with E-state index < -0.39 is 16.0 Å². The standard InChI is InChI=1S/C19H24N4O4S/c1-14-6-8-15(9-7-14)28(26,27)22(2)13-17-20-12-16(19(24)25)18(21-17)23-10-4-3-5-11-23/h6-9,12H,3-5,10-11,13H2,1-2H3,(H,24,25). The molecule has 1 aromatic heterocycles. The Kier molecular flexibility index (Phi) is 5.95. The van der Waals surface area contributed by atoms with Gasteiger partial charge in [-0.3, -0.25) is 0 Å².